The fourth-order valence-electron chi connectivity index (χ4n) is 2.16. The van der Waals surface area contributed by atoms with Crippen LogP contribution in [0.2, 0.25) is 0 Å². The minimum atomic E-state index is -0.0231. The molecule has 2 aromatic rings. The average Bonchev–Trinajstić information content (AvgIpc) is 2.53. The molecular weight excluding hydrogens is 292 g/mol. The number of nitrogens with zero attached hydrogens (tertiary/aromatic N) is 1. The molecule has 3 nitrogen and oxygen atoms in total. The average molecular weight is 314 g/mol. The van der Waals surface area contributed by atoms with Gasteiger partial charge in [-0.3, -0.25) is 4.79 Å². The second-order valence-electron chi connectivity index (χ2n) is 5.42. The van der Waals surface area contributed by atoms with E-state index in [0.29, 0.717) is 6.54 Å². The molecule has 2 aromatic carbocycles. The van der Waals surface area contributed by atoms with E-state index in [9.17, 15) is 4.79 Å². The molecule has 0 unspecified atom stereocenters. The molecule has 0 bridgehead atoms. The maximum atomic E-state index is 12.4. The van der Waals surface area contributed by atoms with Crippen molar-refractivity contribution in [1.82, 2.24) is 5.32 Å². The monoisotopic (exact) mass is 314 g/mol. The second kappa shape index (κ2) is 7.36. The van der Waals surface area contributed by atoms with Gasteiger partial charge in [0.25, 0.3) is 5.91 Å². The van der Waals surface area contributed by atoms with Gasteiger partial charge in [-0.25, -0.2) is 0 Å². The van der Waals surface area contributed by atoms with E-state index >= 15 is 0 Å². The van der Waals surface area contributed by atoms with Crippen LogP contribution in [0.5, 0.6) is 0 Å². The Morgan fingerprint density at radius 3 is 2.41 bits per heavy atom. The summed E-state index contributed by atoms with van der Waals surface area (Å²) in [6.07, 6.45) is 2.01. The van der Waals surface area contributed by atoms with Crippen molar-refractivity contribution in [3.63, 3.8) is 0 Å². The van der Waals surface area contributed by atoms with Gasteiger partial charge < -0.3 is 10.2 Å². The zero-order valence-corrected chi connectivity index (χ0v) is 14.3. The number of carbonyl (C=O) groups excluding carboxylic acids is 1. The summed E-state index contributed by atoms with van der Waals surface area (Å²) in [6, 6.07) is 14.2. The number of nitrogens with one attached hydrogen (secondary N) is 1. The molecule has 1 amide bonds. The Labute approximate surface area is 136 Å². The maximum Gasteiger partial charge on any atom is 0.251 e. The Morgan fingerprint density at radius 2 is 1.82 bits per heavy atom. The molecule has 0 atom stereocenters. The molecule has 0 aromatic heterocycles. The van der Waals surface area contributed by atoms with Gasteiger partial charge in [0.1, 0.15) is 0 Å². The molecule has 1 N–H and O–H groups in total. The third kappa shape index (κ3) is 4.04. The molecule has 0 aliphatic heterocycles. The molecule has 0 saturated carbocycles. The third-order valence-corrected chi connectivity index (χ3v) is 4.32. The van der Waals surface area contributed by atoms with Gasteiger partial charge in [0.2, 0.25) is 0 Å². The molecule has 0 aliphatic carbocycles. The predicted molar refractivity (Wildman–Crippen MR) is 94.9 cm³/mol. The van der Waals surface area contributed by atoms with E-state index < -0.39 is 0 Å². The van der Waals surface area contributed by atoms with E-state index in [0.717, 1.165) is 27.3 Å². The molecule has 0 fully saturated rings. The summed E-state index contributed by atoms with van der Waals surface area (Å²) in [4.78, 5) is 15.5. The molecule has 0 saturated heterocycles. The van der Waals surface area contributed by atoms with Crippen LogP contribution in [0, 0.1) is 6.92 Å². The van der Waals surface area contributed by atoms with Crippen LogP contribution in [0.3, 0.4) is 0 Å². The summed E-state index contributed by atoms with van der Waals surface area (Å²) in [6.45, 7) is 2.50. The van der Waals surface area contributed by atoms with Crippen molar-refractivity contribution >= 4 is 23.4 Å². The first-order valence-electron chi connectivity index (χ1n) is 7.20. The van der Waals surface area contributed by atoms with Crippen molar-refractivity contribution in [2.75, 3.05) is 25.3 Å². The lowest BCUT2D eigenvalue weighted by molar-refractivity contribution is 0.0950. The van der Waals surface area contributed by atoms with Gasteiger partial charge in [0, 0.05) is 36.8 Å². The number of carbonyl (C=O) groups is 1. The molecule has 116 valence electrons. The van der Waals surface area contributed by atoms with E-state index in [2.05, 4.69) is 22.3 Å². The summed E-state index contributed by atoms with van der Waals surface area (Å²) >= 11 is 1.64. The van der Waals surface area contributed by atoms with Crippen molar-refractivity contribution in [1.29, 1.82) is 0 Å². The maximum absolute atomic E-state index is 12.4. The molecule has 22 heavy (non-hydrogen) atoms. The van der Waals surface area contributed by atoms with E-state index in [4.69, 9.17) is 0 Å². The summed E-state index contributed by atoms with van der Waals surface area (Å²) in [5.41, 5.74) is 3.99. The van der Waals surface area contributed by atoms with Crippen LogP contribution in [0.25, 0.3) is 0 Å². The number of aryl methyl sites for hydroxylation is 1. The molecule has 0 radical (unpaired) electrons. The normalized spacial score (nSPS) is 10.4. The zero-order chi connectivity index (χ0) is 16.1. The van der Waals surface area contributed by atoms with Crippen LogP contribution in [-0.4, -0.2) is 26.3 Å². The predicted octanol–water partition coefficient (Wildman–Crippen LogP) is 3.71. The minimum Gasteiger partial charge on any atom is -0.378 e. The summed E-state index contributed by atoms with van der Waals surface area (Å²) in [5.74, 6) is -0.0231. The number of anilines is 1. The summed E-state index contributed by atoms with van der Waals surface area (Å²) in [7, 11) is 4.02. The van der Waals surface area contributed by atoms with Gasteiger partial charge in [-0.1, -0.05) is 18.2 Å². The minimum absolute atomic E-state index is 0.0231. The van der Waals surface area contributed by atoms with Crippen LogP contribution in [0.15, 0.2) is 47.4 Å². The van der Waals surface area contributed by atoms with Crippen molar-refractivity contribution < 1.29 is 4.79 Å². The molecule has 0 heterocycles. The standard InChI is InChI=1S/C18H22N2OS/c1-13-5-10-16(22-4)11-17(13)18(21)19-12-14-6-8-15(9-7-14)20(2)3/h5-11H,12H2,1-4H3,(H,19,21). The topological polar surface area (TPSA) is 32.3 Å². The molecule has 0 aliphatic rings. The number of rotatable bonds is 5. The van der Waals surface area contributed by atoms with Gasteiger partial charge in [0.15, 0.2) is 0 Å². The lowest BCUT2D eigenvalue weighted by Gasteiger charge is -2.13. The molecule has 4 heteroatoms. The smallest absolute Gasteiger partial charge is 0.251 e. The number of benzene rings is 2. The van der Waals surface area contributed by atoms with Crippen LogP contribution in [0.4, 0.5) is 5.69 Å². The summed E-state index contributed by atoms with van der Waals surface area (Å²) < 4.78 is 0. The molecular formula is C18H22N2OS. The van der Waals surface area contributed by atoms with Crippen LogP contribution >= 0.6 is 11.8 Å². The Balaban J connectivity index is 2.03. The summed E-state index contributed by atoms with van der Waals surface area (Å²) in [5, 5.41) is 2.99. The first-order valence-corrected chi connectivity index (χ1v) is 8.43. The highest BCUT2D eigenvalue weighted by atomic mass is 32.2. The number of hydrogen-bond donors (Lipinski definition) is 1. The van der Waals surface area contributed by atoms with Crippen molar-refractivity contribution in [2.24, 2.45) is 0 Å². The van der Waals surface area contributed by atoms with Crippen molar-refractivity contribution in [3.05, 3.63) is 59.2 Å². The van der Waals surface area contributed by atoms with Gasteiger partial charge in [0.05, 0.1) is 0 Å². The first-order chi connectivity index (χ1) is 10.5. The quantitative estimate of drug-likeness (QED) is 0.854. The van der Waals surface area contributed by atoms with E-state index in [-0.39, 0.29) is 5.91 Å². The van der Waals surface area contributed by atoms with E-state index in [1.165, 1.54) is 0 Å². The third-order valence-electron chi connectivity index (χ3n) is 3.60. The van der Waals surface area contributed by atoms with E-state index in [1.807, 2.05) is 57.6 Å². The highest BCUT2D eigenvalue weighted by Crippen LogP contribution is 2.19. The zero-order valence-electron chi connectivity index (χ0n) is 13.5. The van der Waals surface area contributed by atoms with Gasteiger partial charge in [-0.2, -0.15) is 0 Å². The Hall–Kier alpha value is -1.94. The van der Waals surface area contributed by atoms with Gasteiger partial charge in [-0.05, 0) is 48.6 Å². The van der Waals surface area contributed by atoms with Crippen LogP contribution < -0.4 is 10.2 Å². The lowest BCUT2D eigenvalue weighted by atomic mass is 10.1. The Kier molecular flexibility index (Phi) is 5.50. The lowest BCUT2D eigenvalue weighted by Crippen LogP contribution is -2.23. The fourth-order valence-corrected chi connectivity index (χ4v) is 2.60. The van der Waals surface area contributed by atoms with Crippen molar-refractivity contribution in [3.8, 4) is 0 Å². The Morgan fingerprint density at radius 1 is 1.14 bits per heavy atom. The largest absolute Gasteiger partial charge is 0.378 e. The van der Waals surface area contributed by atoms with Crippen molar-refractivity contribution in [2.45, 2.75) is 18.4 Å². The molecule has 0 spiro atoms. The van der Waals surface area contributed by atoms with Crippen LogP contribution in [0.1, 0.15) is 21.5 Å². The second-order valence-corrected chi connectivity index (χ2v) is 6.30. The number of amides is 1. The fraction of sp³-hybridized carbons (Fsp3) is 0.278. The first kappa shape index (κ1) is 16.4. The molecule has 2 rings (SSSR count). The Bertz CT molecular complexity index is 651. The van der Waals surface area contributed by atoms with Gasteiger partial charge >= 0.3 is 0 Å². The highest BCUT2D eigenvalue weighted by Gasteiger charge is 2.09. The van der Waals surface area contributed by atoms with E-state index in [1.54, 1.807) is 11.8 Å². The number of thioether (sulfide) groups is 1. The SMILES string of the molecule is CSc1ccc(C)c(C(=O)NCc2ccc(N(C)C)cc2)c1. The van der Waals surface area contributed by atoms with Crippen LogP contribution in [-0.2, 0) is 6.54 Å². The number of hydrogen-bond acceptors (Lipinski definition) is 3. The van der Waals surface area contributed by atoms with Gasteiger partial charge in [-0.15, -0.1) is 11.8 Å². The highest BCUT2D eigenvalue weighted by molar-refractivity contribution is 7.98.